The number of benzene rings is 1. The summed E-state index contributed by atoms with van der Waals surface area (Å²) < 4.78 is 1.06. The van der Waals surface area contributed by atoms with Crippen LogP contribution in [0.5, 0.6) is 0 Å². The Hall–Kier alpha value is -0.840. The molecule has 0 spiro atoms. The quantitative estimate of drug-likeness (QED) is 0.911. The molecule has 1 heterocycles. The molecule has 84 valence electrons. The number of nitrogens with zero attached hydrogens (tertiary/aromatic N) is 1. The maximum Gasteiger partial charge on any atom is 0.120 e. The number of aromatic nitrogens is 2. The van der Waals surface area contributed by atoms with Gasteiger partial charge in [-0.1, -0.05) is 27.5 Å². The van der Waals surface area contributed by atoms with E-state index in [0.29, 0.717) is 6.54 Å². The van der Waals surface area contributed by atoms with Crippen molar-refractivity contribution >= 4 is 27.5 Å². The Labute approximate surface area is 107 Å². The van der Waals surface area contributed by atoms with Crippen molar-refractivity contribution in [3.63, 3.8) is 0 Å². The van der Waals surface area contributed by atoms with Crippen LogP contribution in [0.2, 0.25) is 5.02 Å². The Morgan fingerprint density at radius 1 is 1.38 bits per heavy atom. The molecule has 1 aromatic heterocycles. The average molecular weight is 301 g/mol. The first-order valence-corrected chi connectivity index (χ1v) is 6.05. The van der Waals surface area contributed by atoms with Crippen LogP contribution in [0, 0.1) is 0 Å². The van der Waals surface area contributed by atoms with Gasteiger partial charge in [0.2, 0.25) is 0 Å². The van der Waals surface area contributed by atoms with E-state index in [9.17, 15) is 0 Å². The molecule has 5 heteroatoms. The predicted molar refractivity (Wildman–Crippen MR) is 68.3 cm³/mol. The minimum absolute atomic E-state index is 0.714. The zero-order valence-corrected chi connectivity index (χ0v) is 10.8. The average Bonchev–Trinajstić information content (AvgIpc) is 2.76. The lowest BCUT2D eigenvalue weighted by molar-refractivity contribution is 0.667. The molecule has 2 rings (SSSR count). The summed E-state index contributed by atoms with van der Waals surface area (Å²) in [5, 5.41) is 4.04. The number of imidazole rings is 1. The largest absolute Gasteiger partial charge is 0.348 e. The Morgan fingerprint density at radius 3 is 3.00 bits per heavy atom. The van der Waals surface area contributed by atoms with Gasteiger partial charge in [0, 0.05) is 28.4 Å². The maximum atomic E-state index is 5.93. The van der Waals surface area contributed by atoms with Crippen LogP contribution in [0.4, 0.5) is 0 Å². The van der Waals surface area contributed by atoms with E-state index in [1.807, 2.05) is 24.4 Å². The zero-order valence-electron chi connectivity index (χ0n) is 8.50. The normalized spacial score (nSPS) is 10.6. The van der Waals surface area contributed by atoms with Crippen molar-refractivity contribution < 1.29 is 0 Å². The lowest BCUT2D eigenvalue weighted by atomic mass is 10.2. The first kappa shape index (κ1) is 11.6. The van der Waals surface area contributed by atoms with Crippen LogP contribution in [0.15, 0.2) is 35.1 Å². The summed E-state index contributed by atoms with van der Waals surface area (Å²) >= 11 is 9.42. The highest BCUT2D eigenvalue weighted by Crippen LogP contribution is 2.20. The third-order valence-corrected chi connectivity index (χ3v) is 3.18. The number of hydrogen-bond acceptors (Lipinski definition) is 2. The van der Waals surface area contributed by atoms with Crippen molar-refractivity contribution in [2.75, 3.05) is 0 Å². The van der Waals surface area contributed by atoms with Gasteiger partial charge in [-0.05, 0) is 23.8 Å². The van der Waals surface area contributed by atoms with Gasteiger partial charge >= 0.3 is 0 Å². The highest BCUT2D eigenvalue weighted by atomic mass is 79.9. The predicted octanol–water partition coefficient (Wildman–Crippen LogP) is 3.12. The molecule has 0 aliphatic heterocycles. The molecule has 3 nitrogen and oxygen atoms in total. The number of H-pyrrole nitrogens is 1. The van der Waals surface area contributed by atoms with Crippen molar-refractivity contribution in [1.82, 2.24) is 15.3 Å². The van der Waals surface area contributed by atoms with Crippen molar-refractivity contribution in [1.29, 1.82) is 0 Å². The van der Waals surface area contributed by atoms with E-state index in [2.05, 4.69) is 31.2 Å². The highest BCUT2D eigenvalue weighted by Gasteiger charge is 2.01. The van der Waals surface area contributed by atoms with Crippen LogP contribution in [0.3, 0.4) is 0 Å². The summed E-state index contributed by atoms with van der Waals surface area (Å²) in [6.45, 7) is 1.47. The number of aromatic amines is 1. The molecular weight excluding hydrogens is 289 g/mol. The van der Waals surface area contributed by atoms with E-state index in [4.69, 9.17) is 11.6 Å². The van der Waals surface area contributed by atoms with Crippen LogP contribution < -0.4 is 5.32 Å². The second kappa shape index (κ2) is 5.48. The smallest absolute Gasteiger partial charge is 0.120 e. The summed E-state index contributed by atoms with van der Waals surface area (Å²) in [5.41, 5.74) is 1.14. The SMILES string of the molecule is Clc1ccc(Br)c(CNCc2ncc[nH]2)c1. The van der Waals surface area contributed by atoms with Gasteiger partial charge in [0.15, 0.2) is 0 Å². The fourth-order valence-electron chi connectivity index (χ4n) is 1.39. The molecular formula is C11H11BrClN3. The van der Waals surface area contributed by atoms with Crippen molar-refractivity contribution in [2.45, 2.75) is 13.1 Å². The Kier molecular flexibility index (Phi) is 3.98. The molecule has 1 aromatic carbocycles. The standard InChI is InChI=1S/C11H11BrClN3/c12-10-2-1-9(13)5-8(10)6-14-7-11-15-3-4-16-11/h1-5,14H,6-7H2,(H,15,16). The van der Waals surface area contributed by atoms with Crippen LogP contribution >= 0.6 is 27.5 Å². The van der Waals surface area contributed by atoms with Gasteiger partial charge in [0.25, 0.3) is 0 Å². The lowest BCUT2D eigenvalue weighted by Crippen LogP contribution is -2.14. The summed E-state index contributed by atoms with van der Waals surface area (Å²) in [5.74, 6) is 0.929. The van der Waals surface area contributed by atoms with Gasteiger partial charge in [-0.25, -0.2) is 4.98 Å². The summed E-state index contributed by atoms with van der Waals surface area (Å²) in [6, 6.07) is 5.76. The van der Waals surface area contributed by atoms with E-state index in [0.717, 1.165) is 27.4 Å². The second-order valence-corrected chi connectivity index (χ2v) is 4.67. The summed E-state index contributed by atoms with van der Waals surface area (Å²) in [7, 11) is 0. The summed E-state index contributed by atoms with van der Waals surface area (Å²) in [6.07, 6.45) is 3.55. The van der Waals surface area contributed by atoms with Gasteiger partial charge in [-0.15, -0.1) is 0 Å². The highest BCUT2D eigenvalue weighted by molar-refractivity contribution is 9.10. The van der Waals surface area contributed by atoms with Crippen LogP contribution in [0.25, 0.3) is 0 Å². The molecule has 0 saturated carbocycles. The number of nitrogens with one attached hydrogen (secondary N) is 2. The molecule has 0 radical (unpaired) electrons. The number of rotatable bonds is 4. The third kappa shape index (κ3) is 3.07. The van der Waals surface area contributed by atoms with Gasteiger partial charge in [0.1, 0.15) is 5.82 Å². The zero-order chi connectivity index (χ0) is 11.4. The molecule has 0 fully saturated rings. The minimum atomic E-state index is 0.714. The van der Waals surface area contributed by atoms with Crippen LogP contribution in [-0.4, -0.2) is 9.97 Å². The van der Waals surface area contributed by atoms with E-state index < -0.39 is 0 Å². The first-order valence-electron chi connectivity index (χ1n) is 4.88. The molecule has 2 N–H and O–H groups in total. The lowest BCUT2D eigenvalue weighted by Gasteiger charge is -2.06. The Morgan fingerprint density at radius 2 is 2.25 bits per heavy atom. The second-order valence-electron chi connectivity index (χ2n) is 3.38. The van der Waals surface area contributed by atoms with Gasteiger partial charge in [-0.3, -0.25) is 0 Å². The van der Waals surface area contributed by atoms with E-state index in [1.54, 1.807) is 6.20 Å². The van der Waals surface area contributed by atoms with Crippen LogP contribution in [0.1, 0.15) is 11.4 Å². The van der Waals surface area contributed by atoms with Crippen molar-refractivity contribution in [3.8, 4) is 0 Å². The van der Waals surface area contributed by atoms with Gasteiger partial charge < -0.3 is 10.3 Å². The summed E-state index contributed by atoms with van der Waals surface area (Å²) in [4.78, 5) is 7.17. The number of halogens is 2. The third-order valence-electron chi connectivity index (χ3n) is 2.17. The molecule has 0 unspecified atom stereocenters. The molecule has 2 aromatic rings. The van der Waals surface area contributed by atoms with Crippen LogP contribution in [-0.2, 0) is 13.1 Å². The van der Waals surface area contributed by atoms with Gasteiger partial charge in [-0.2, -0.15) is 0 Å². The number of hydrogen-bond donors (Lipinski definition) is 2. The van der Waals surface area contributed by atoms with E-state index in [-0.39, 0.29) is 0 Å². The van der Waals surface area contributed by atoms with Gasteiger partial charge in [0.05, 0.1) is 6.54 Å². The molecule has 0 atom stereocenters. The Balaban J connectivity index is 1.92. The Bertz CT molecular complexity index is 456. The molecule has 16 heavy (non-hydrogen) atoms. The maximum absolute atomic E-state index is 5.93. The molecule has 0 aliphatic carbocycles. The topological polar surface area (TPSA) is 40.7 Å². The molecule has 0 aliphatic rings. The van der Waals surface area contributed by atoms with E-state index in [1.165, 1.54) is 0 Å². The first-order chi connectivity index (χ1) is 7.75. The molecule has 0 amide bonds. The minimum Gasteiger partial charge on any atom is -0.348 e. The monoisotopic (exact) mass is 299 g/mol. The molecule has 0 saturated heterocycles. The van der Waals surface area contributed by atoms with Crippen molar-refractivity contribution in [2.24, 2.45) is 0 Å². The molecule has 0 bridgehead atoms. The fraction of sp³-hybridized carbons (Fsp3) is 0.182. The van der Waals surface area contributed by atoms with Crippen molar-refractivity contribution in [3.05, 3.63) is 51.5 Å². The fourth-order valence-corrected chi connectivity index (χ4v) is 1.97. The van der Waals surface area contributed by atoms with E-state index >= 15 is 0 Å².